The Morgan fingerprint density at radius 1 is 1.06 bits per heavy atom. The standard InChI is InChI=1S/C14H9Cl2NO/c1-18-12-4-2-3-10-13(12)14(16)9-6-5-8(15)7-11(9)17-10/h2-7H,1H3. The maximum atomic E-state index is 6.45. The minimum Gasteiger partial charge on any atom is -0.496 e. The highest BCUT2D eigenvalue weighted by Crippen LogP contribution is 2.36. The van der Waals surface area contributed by atoms with Crippen LogP contribution in [0.5, 0.6) is 5.75 Å². The van der Waals surface area contributed by atoms with Gasteiger partial charge in [-0.3, -0.25) is 0 Å². The number of hydrogen-bond donors (Lipinski definition) is 0. The van der Waals surface area contributed by atoms with E-state index in [9.17, 15) is 0 Å². The second-order valence-electron chi connectivity index (χ2n) is 3.94. The molecular formula is C14H9Cl2NO. The third-order valence-corrected chi connectivity index (χ3v) is 3.51. The maximum absolute atomic E-state index is 6.45. The van der Waals surface area contributed by atoms with E-state index in [-0.39, 0.29) is 0 Å². The molecule has 0 aliphatic rings. The van der Waals surface area contributed by atoms with Gasteiger partial charge in [-0.25, -0.2) is 4.98 Å². The third-order valence-electron chi connectivity index (χ3n) is 2.88. The lowest BCUT2D eigenvalue weighted by Crippen LogP contribution is -1.89. The summed E-state index contributed by atoms with van der Waals surface area (Å²) in [6, 6.07) is 11.2. The molecule has 0 saturated carbocycles. The Kier molecular flexibility index (Phi) is 2.77. The molecule has 0 saturated heterocycles. The lowest BCUT2D eigenvalue weighted by atomic mass is 10.1. The zero-order valence-corrected chi connectivity index (χ0v) is 11.1. The highest BCUT2D eigenvalue weighted by atomic mass is 35.5. The molecule has 90 valence electrons. The highest BCUT2D eigenvalue weighted by Gasteiger charge is 2.11. The summed E-state index contributed by atoms with van der Waals surface area (Å²) in [6.45, 7) is 0. The fraction of sp³-hybridized carbons (Fsp3) is 0.0714. The van der Waals surface area contributed by atoms with Gasteiger partial charge in [-0.1, -0.05) is 29.3 Å². The van der Waals surface area contributed by atoms with Gasteiger partial charge in [-0.15, -0.1) is 0 Å². The van der Waals surface area contributed by atoms with Crippen LogP contribution in [0.15, 0.2) is 36.4 Å². The molecular weight excluding hydrogens is 269 g/mol. The van der Waals surface area contributed by atoms with Crippen LogP contribution in [-0.4, -0.2) is 12.1 Å². The summed E-state index contributed by atoms with van der Waals surface area (Å²) in [5, 5.41) is 2.99. The molecule has 0 amide bonds. The number of nitrogens with zero attached hydrogens (tertiary/aromatic N) is 1. The smallest absolute Gasteiger partial charge is 0.129 e. The molecule has 0 radical (unpaired) electrons. The van der Waals surface area contributed by atoms with Crippen LogP contribution in [0, 0.1) is 0 Å². The fourth-order valence-electron chi connectivity index (χ4n) is 2.05. The predicted molar refractivity (Wildman–Crippen MR) is 75.8 cm³/mol. The number of rotatable bonds is 1. The van der Waals surface area contributed by atoms with Crippen molar-refractivity contribution < 1.29 is 4.74 Å². The van der Waals surface area contributed by atoms with Crippen molar-refractivity contribution in [3.63, 3.8) is 0 Å². The Balaban J connectivity index is 2.52. The molecule has 3 rings (SSSR count). The van der Waals surface area contributed by atoms with E-state index in [4.69, 9.17) is 27.9 Å². The van der Waals surface area contributed by atoms with Crippen LogP contribution in [0.25, 0.3) is 21.8 Å². The number of ether oxygens (including phenoxy) is 1. The SMILES string of the molecule is COc1cccc2nc3cc(Cl)ccc3c(Cl)c12. The molecule has 0 aliphatic carbocycles. The molecule has 1 aromatic heterocycles. The van der Waals surface area contributed by atoms with Crippen LogP contribution in [0.3, 0.4) is 0 Å². The summed E-state index contributed by atoms with van der Waals surface area (Å²) in [5.74, 6) is 0.724. The quantitative estimate of drug-likeness (QED) is 0.602. The summed E-state index contributed by atoms with van der Waals surface area (Å²) < 4.78 is 5.33. The first kappa shape index (κ1) is 11.6. The van der Waals surface area contributed by atoms with E-state index in [1.54, 1.807) is 13.2 Å². The number of methoxy groups -OCH3 is 1. The number of aromatic nitrogens is 1. The lowest BCUT2D eigenvalue weighted by molar-refractivity contribution is 0.420. The van der Waals surface area contributed by atoms with Gasteiger partial charge in [0.05, 0.1) is 28.6 Å². The van der Waals surface area contributed by atoms with Crippen molar-refractivity contribution in [2.75, 3.05) is 7.11 Å². The molecule has 3 aromatic rings. The molecule has 0 fully saturated rings. The predicted octanol–water partition coefficient (Wildman–Crippen LogP) is 4.70. The van der Waals surface area contributed by atoms with Crippen molar-refractivity contribution in [2.45, 2.75) is 0 Å². The minimum absolute atomic E-state index is 0.643. The van der Waals surface area contributed by atoms with E-state index in [0.717, 1.165) is 27.6 Å². The van der Waals surface area contributed by atoms with Gasteiger partial charge in [0.25, 0.3) is 0 Å². The van der Waals surface area contributed by atoms with E-state index in [1.807, 2.05) is 30.3 Å². The average Bonchev–Trinajstić information content (AvgIpc) is 2.37. The van der Waals surface area contributed by atoms with Crippen molar-refractivity contribution >= 4 is 45.0 Å². The highest BCUT2D eigenvalue weighted by molar-refractivity contribution is 6.41. The van der Waals surface area contributed by atoms with Gasteiger partial charge in [0, 0.05) is 10.4 Å². The van der Waals surface area contributed by atoms with Crippen molar-refractivity contribution in [1.29, 1.82) is 0 Å². The Hall–Kier alpha value is -1.51. The molecule has 0 aliphatic heterocycles. The van der Waals surface area contributed by atoms with E-state index >= 15 is 0 Å². The van der Waals surface area contributed by atoms with Crippen LogP contribution in [0.4, 0.5) is 0 Å². The second-order valence-corrected chi connectivity index (χ2v) is 4.76. The monoisotopic (exact) mass is 277 g/mol. The summed E-state index contributed by atoms with van der Waals surface area (Å²) >= 11 is 12.4. The Morgan fingerprint density at radius 3 is 2.67 bits per heavy atom. The largest absolute Gasteiger partial charge is 0.496 e. The van der Waals surface area contributed by atoms with Crippen molar-refractivity contribution in [2.24, 2.45) is 0 Å². The van der Waals surface area contributed by atoms with E-state index in [0.29, 0.717) is 10.0 Å². The van der Waals surface area contributed by atoms with Gasteiger partial charge in [0.1, 0.15) is 5.75 Å². The van der Waals surface area contributed by atoms with E-state index in [2.05, 4.69) is 4.98 Å². The molecule has 2 aromatic carbocycles. The third kappa shape index (κ3) is 1.69. The average molecular weight is 278 g/mol. The number of benzene rings is 2. The summed E-state index contributed by atoms with van der Waals surface area (Å²) in [4.78, 5) is 4.56. The van der Waals surface area contributed by atoms with Crippen LogP contribution in [0.1, 0.15) is 0 Å². The van der Waals surface area contributed by atoms with Gasteiger partial charge in [0.2, 0.25) is 0 Å². The molecule has 2 nitrogen and oxygen atoms in total. The van der Waals surface area contributed by atoms with Gasteiger partial charge in [0.15, 0.2) is 0 Å². The van der Waals surface area contributed by atoms with Gasteiger partial charge >= 0.3 is 0 Å². The zero-order valence-electron chi connectivity index (χ0n) is 9.58. The summed E-state index contributed by atoms with van der Waals surface area (Å²) in [6.07, 6.45) is 0. The van der Waals surface area contributed by atoms with Crippen molar-refractivity contribution in [3.05, 3.63) is 46.4 Å². The summed E-state index contributed by atoms with van der Waals surface area (Å²) in [5.41, 5.74) is 1.59. The van der Waals surface area contributed by atoms with Crippen LogP contribution in [0.2, 0.25) is 10.0 Å². The first-order valence-electron chi connectivity index (χ1n) is 5.42. The molecule has 18 heavy (non-hydrogen) atoms. The molecule has 1 heterocycles. The van der Waals surface area contributed by atoms with Gasteiger partial charge in [-0.2, -0.15) is 0 Å². The Labute approximate surface area is 114 Å². The van der Waals surface area contributed by atoms with Crippen molar-refractivity contribution in [3.8, 4) is 5.75 Å². The zero-order chi connectivity index (χ0) is 12.7. The van der Waals surface area contributed by atoms with Gasteiger partial charge < -0.3 is 4.74 Å². The van der Waals surface area contributed by atoms with E-state index in [1.165, 1.54) is 0 Å². The first-order valence-corrected chi connectivity index (χ1v) is 6.18. The Bertz CT molecular complexity index is 755. The van der Waals surface area contributed by atoms with Gasteiger partial charge in [-0.05, 0) is 30.3 Å². The Morgan fingerprint density at radius 2 is 1.89 bits per heavy atom. The van der Waals surface area contributed by atoms with Crippen LogP contribution < -0.4 is 4.74 Å². The summed E-state index contributed by atoms with van der Waals surface area (Å²) in [7, 11) is 1.62. The lowest BCUT2D eigenvalue weighted by Gasteiger charge is -2.09. The molecule has 0 atom stereocenters. The number of halogens is 2. The van der Waals surface area contributed by atoms with Crippen LogP contribution in [-0.2, 0) is 0 Å². The normalized spacial score (nSPS) is 11.1. The minimum atomic E-state index is 0.643. The fourth-order valence-corrected chi connectivity index (χ4v) is 2.57. The van der Waals surface area contributed by atoms with E-state index < -0.39 is 0 Å². The molecule has 0 unspecified atom stereocenters. The molecule has 4 heteroatoms. The van der Waals surface area contributed by atoms with Crippen molar-refractivity contribution in [1.82, 2.24) is 4.98 Å². The number of fused-ring (bicyclic) bond motifs is 2. The first-order chi connectivity index (χ1) is 8.70. The topological polar surface area (TPSA) is 22.1 Å². The van der Waals surface area contributed by atoms with Crippen LogP contribution >= 0.6 is 23.2 Å². The number of hydrogen-bond acceptors (Lipinski definition) is 2. The second kappa shape index (κ2) is 4.30. The molecule has 0 spiro atoms. The maximum Gasteiger partial charge on any atom is 0.129 e. The number of pyridine rings is 1. The molecule has 0 N–H and O–H groups in total. The molecule has 0 bridgehead atoms.